The highest BCUT2D eigenvalue weighted by atomic mass is 32.2. The molecule has 2 aliphatic rings. The lowest BCUT2D eigenvalue weighted by atomic mass is 10.1. The number of piperazine rings is 1. The highest BCUT2D eigenvalue weighted by molar-refractivity contribution is 7.89. The van der Waals surface area contributed by atoms with Gasteiger partial charge in [-0.3, -0.25) is 14.5 Å². The molecule has 170 valence electrons. The number of carbonyl (C=O) groups excluding carboxylic acids is 2. The molecule has 0 saturated carbocycles. The summed E-state index contributed by atoms with van der Waals surface area (Å²) in [5.74, 6) is -1.08. The number of nitrogens with one attached hydrogen (secondary N) is 1. The highest BCUT2D eigenvalue weighted by Crippen LogP contribution is 2.17. The number of likely N-dealkylation sites (tertiary alicyclic amines) is 1. The molecule has 0 unspecified atom stereocenters. The van der Waals surface area contributed by atoms with Gasteiger partial charge in [-0.1, -0.05) is 18.2 Å². The molecule has 0 bridgehead atoms. The maximum absolute atomic E-state index is 13.3. The van der Waals surface area contributed by atoms with Crippen LogP contribution in [0.25, 0.3) is 0 Å². The number of hydrogen-bond donors (Lipinski definition) is 1. The van der Waals surface area contributed by atoms with Crippen molar-refractivity contribution in [2.45, 2.75) is 30.2 Å². The van der Waals surface area contributed by atoms with Crippen LogP contribution in [0.1, 0.15) is 29.6 Å². The van der Waals surface area contributed by atoms with Crippen LogP contribution in [0.15, 0.2) is 59.5 Å². The van der Waals surface area contributed by atoms with Crippen molar-refractivity contribution in [2.24, 2.45) is 0 Å². The molecule has 1 N–H and O–H groups in total. The molecule has 2 fully saturated rings. The number of amides is 2. The predicted octanol–water partition coefficient (Wildman–Crippen LogP) is 0.936. The quantitative estimate of drug-likeness (QED) is 0.689. The van der Waals surface area contributed by atoms with E-state index in [0.717, 1.165) is 17.7 Å². The Morgan fingerprint density at radius 1 is 0.938 bits per heavy atom. The zero-order chi connectivity index (χ0) is 22.7. The van der Waals surface area contributed by atoms with Gasteiger partial charge in [-0.05, 0) is 49.2 Å². The summed E-state index contributed by atoms with van der Waals surface area (Å²) >= 11 is 0. The molecule has 2 heterocycles. The van der Waals surface area contributed by atoms with E-state index in [4.69, 9.17) is 0 Å². The summed E-state index contributed by atoms with van der Waals surface area (Å²) in [6.45, 7) is 1.99. The van der Waals surface area contributed by atoms with Crippen molar-refractivity contribution in [3.63, 3.8) is 0 Å². The second kappa shape index (κ2) is 9.48. The number of rotatable bonds is 4. The van der Waals surface area contributed by atoms with Crippen LogP contribution in [0.4, 0.5) is 4.39 Å². The van der Waals surface area contributed by atoms with Gasteiger partial charge in [0.1, 0.15) is 5.82 Å². The molecule has 2 amide bonds. The number of sulfonamides is 1. The molecular weight excluding hydrogens is 433 g/mol. The van der Waals surface area contributed by atoms with Gasteiger partial charge in [0, 0.05) is 18.5 Å². The van der Waals surface area contributed by atoms with Gasteiger partial charge in [-0.2, -0.15) is 4.31 Å². The van der Waals surface area contributed by atoms with Crippen LogP contribution in [-0.2, 0) is 14.8 Å². The van der Waals surface area contributed by atoms with Crippen molar-refractivity contribution < 1.29 is 27.3 Å². The summed E-state index contributed by atoms with van der Waals surface area (Å²) < 4.78 is 40.5. The Morgan fingerprint density at radius 3 is 2.25 bits per heavy atom. The fourth-order valence-corrected chi connectivity index (χ4v) is 5.94. The average molecular weight is 461 g/mol. The Kier molecular flexibility index (Phi) is 6.68. The number of benzene rings is 2. The smallest absolute Gasteiger partial charge is 0.287 e. The molecule has 2 aromatic carbocycles. The number of halogens is 1. The van der Waals surface area contributed by atoms with E-state index < -0.39 is 21.7 Å². The van der Waals surface area contributed by atoms with E-state index in [2.05, 4.69) is 0 Å². The van der Waals surface area contributed by atoms with E-state index in [1.54, 1.807) is 30.3 Å². The van der Waals surface area contributed by atoms with E-state index in [0.29, 0.717) is 39.1 Å². The number of quaternary nitrogens is 1. The van der Waals surface area contributed by atoms with Gasteiger partial charge in [-0.15, -0.1) is 0 Å². The van der Waals surface area contributed by atoms with Gasteiger partial charge >= 0.3 is 0 Å². The lowest BCUT2D eigenvalue weighted by Crippen LogP contribution is -3.19. The summed E-state index contributed by atoms with van der Waals surface area (Å²) in [4.78, 5) is 28.8. The van der Waals surface area contributed by atoms with Crippen LogP contribution in [0, 0.1) is 5.82 Å². The van der Waals surface area contributed by atoms with Crippen molar-refractivity contribution in [1.82, 2.24) is 9.21 Å². The van der Waals surface area contributed by atoms with E-state index in [-0.39, 0.29) is 22.4 Å². The molecule has 2 aliphatic heterocycles. The zero-order valence-electron chi connectivity index (χ0n) is 17.7. The van der Waals surface area contributed by atoms with Crippen LogP contribution in [0.3, 0.4) is 0 Å². The third-order valence-corrected chi connectivity index (χ3v) is 8.18. The molecule has 2 aromatic rings. The van der Waals surface area contributed by atoms with Gasteiger partial charge in [0.05, 0.1) is 31.1 Å². The van der Waals surface area contributed by atoms with Crippen LogP contribution >= 0.6 is 0 Å². The van der Waals surface area contributed by atoms with Gasteiger partial charge in [0.25, 0.3) is 11.8 Å². The first-order valence-corrected chi connectivity index (χ1v) is 12.3. The molecule has 2 saturated heterocycles. The Bertz CT molecular complexity index is 1070. The fourth-order valence-electron chi connectivity index (χ4n) is 4.47. The van der Waals surface area contributed by atoms with Crippen molar-refractivity contribution in [3.8, 4) is 0 Å². The molecule has 32 heavy (non-hydrogen) atoms. The van der Waals surface area contributed by atoms with Crippen molar-refractivity contribution >= 4 is 21.8 Å². The Labute approximate surface area is 187 Å². The molecule has 0 aromatic heterocycles. The molecule has 0 aliphatic carbocycles. The maximum Gasteiger partial charge on any atom is 0.287 e. The number of carbonyl (C=O) groups is 2. The standard InChI is InChI=1S/C23H26FN3O4S/c24-19-11-9-18(10-12-19)22(28)27-13-5-4-8-21(23(27)29)25-14-16-26(17-15-25)32(30,31)20-6-2-1-3-7-20/h1-3,6-7,9-12,21H,4-5,8,13-17H2/p+1/t21-/m0/s1. The molecule has 1 atom stereocenters. The SMILES string of the molecule is O=C(c1ccc(F)cc1)N1CCCC[C@H]([NH+]2CCN(S(=O)(=O)c3ccccc3)CC2)C1=O. The average Bonchev–Trinajstić information content (AvgIpc) is 3.01. The van der Waals surface area contributed by atoms with Crippen LogP contribution < -0.4 is 4.90 Å². The zero-order valence-corrected chi connectivity index (χ0v) is 18.6. The van der Waals surface area contributed by atoms with Crippen molar-refractivity contribution in [3.05, 3.63) is 66.0 Å². The van der Waals surface area contributed by atoms with Crippen LogP contribution in [0.2, 0.25) is 0 Å². The second-order valence-corrected chi connectivity index (χ2v) is 10.2. The summed E-state index contributed by atoms with van der Waals surface area (Å²) in [5, 5.41) is 0. The Morgan fingerprint density at radius 2 is 1.59 bits per heavy atom. The van der Waals surface area contributed by atoms with E-state index in [9.17, 15) is 22.4 Å². The molecular formula is C23H27FN3O4S+. The van der Waals surface area contributed by atoms with E-state index >= 15 is 0 Å². The Hall–Kier alpha value is -2.62. The molecule has 9 heteroatoms. The first-order chi connectivity index (χ1) is 15.4. The van der Waals surface area contributed by atoms with Gasteiger partial charge < -0.3 is 4.90 Å². The summed E-state index contributed by atoms with van der Waals surface area (Å²) in [6, 6.07) is 13.2. The number of nitrogens with zero attached hydrogens (tertiary/aromatic N) is 2. The first kappa shape index (κ1) is 22.6. The lowest BCUT2D eigenvalue weighted by molar-refractivity contribution is -0.920. The van der Waals surface area contributed by atoms with Gasteiger partial charge in [-0.25, -0.2) is 12.8 Å². The first-order valence-electron chi connectivity index (χ1n) is 10.9. The minimum absolute atomic E-state index is 0.230. The predicted molar refractivity (Wildman–Crippen MR) is 116 cm³/mol. The normalized spacial score (nSPS) is 21.3. The van der Waals surface area contributed by atoms with Gasteiger partial charge in [0.15, 0.2) is 6.04 Å². The monoisotopic (exact) mass is 460 g/mol. The van der Waals surface area contributed by atoms with Gasteiger partial charge in [0.2, 0.25) is 10.0 Å². The summed E-state index contributed by atoms with van der Waals surface area (Å²) in [5.41, 5.74) is 0.286. The minimum Gasteiger partial charge on any atom is -0.323 e. The third kappa shape index (κ3) is 4.60. The van der Waals surface area contributed by atoms with Crippen molar-refractivity contribution in [1.29, 1.82) is 0 Å². The molecule has 7 nitrogen and oxygen atoms in total. The topological polar surface area (TPSA) is 79.2 Å². The molecule has 0 radical (unpaired) electrons. The minimum atomic E-state index is -3.56. The molecule has 0 spiro atoms. The van der Waals surface area contributed by atoms with E-state index in [1.807, 2.05) is 0 Å². The highest BCUT2D eigenvalue weighted by Gasteiger charge is 2.40. The number of imide groups is 1. The summed E-state index contributed by atoms with van der Waals surface area (Å²) in [6.07, 6.45) is 2.20. The lowest BCUT2D eigenvalue weighted by Gasteiger charge is -2.36. The summed E-state index contributed by atoms with van der Waals surface area (Å²) in [7, 11) is -3.56. The molecule has 4 rings (SSSR count). The number of hydrogen-bond acceptors (Lipinski definition) is 4. The third-order valence-electron chi connectivity index (χ3n) is 6.26. The Balaban J connectivity index is 1.45. The van der Waals surface area contributed by atoms with Crippen molar-refractivity contribution in [2.75, 3.05) is 32.7 Å². The second-order valence-electron chi connectivity index (χ2n) is 8.23. The van der Waals surface area contributed by atoms with Crippen LogP contribution in [0.5, 0.6) is 0 Å². The fraction of sp³-hybridized carbons (Fsp3) is 0.391. The maximum atomic E-state index is 13.3. The van der Waals surface area contributed by atoms with E-state index in [1.165, 1.54) is 33.5 Å². The van der Waals surface area contributed by atoms with Crippen LogP contribution in [-0.4, -0.2) is 68.2 Å². The largest absolute Gasteiger partial charge is 0.323 e.